The van der Waals surface area contributed by atoms with Gasteiger partial charge in [0, 0.05) is 18.0 Å². The van der Waals surface area contributed by atoms with Gasteiger partial charge in [0.15, 0.2) is 0 Å². The summed E-state index contributed by atoms with van der Waals surface area (Å²) in [6.07, 6.45) is 0.324. The molecule has 92 valence electrons. The summed E-state index contributed by atoms with van der Waals surface area (Å²) in [6, 6.07) is 4.15. The normalized spacial score (nSPS) is 9.94. The van der Waals surface area contributed by atoms with Crippen LogP contribution in [0.4, 0.5) is 0 Å². The molecule has 5 nitrogen and oxygen atoms in total. The number of phenolic OH excluding ortho intramolecular Hbond substituents is 1. The Morgan fingerprint density at radius 1 is 1.35 bits per heavy atom. The number of rotatable bonds is 5. The Kier molecular flexibility index (Phi) is 4.78. The number of phenols is 1. The lowest BCUT2D eigenvalue weighted by molar-refractivity contribution is -0.137. The van der Waals surface area contributed by atoms with Gasteiger partial charge in [-0.1, -0.05) is 11.6 Å². The molecule has 1 aromatic carbocycles. The Labute approximate surface area is 103 Å². The summed E-state index contributed by atoms with van der Waals surface area (Å²) in [5, 5.41) is 20.7. The van der Waals surface area contributed by atoms with Crippen LogP contribution in [0.25, 0.3) is 0 Å². The highest BCUT2D eigenvalue weighted by atomic mass is 35.5. The van der Waals surface area contributed by atoms with Gasteiger partial charge in [-0.05, 0) is 24.6 Å². The van der Waals surface area contributed by atoms with Crippen LogP contribution in [0.3, 0.4) is 0 Å². The Hall–Kier alpha value is -1.75. The third-order valence-electron chi connectivity index (χ3n) is 2.06. The zero-order chi connectivity index (χ0) is 12.8. The van der Waals surface area contributed by atoms with E-state index in [-0.39, 0.29) is 24.3 Å². The van der Waals surface area contributed by atoms with Gasteiger partial charge in [-0.15, -0.1) is 0 Å². The van der Waals surface area contributed by atoms with E-state index in [1.165, 1.54) is 18.2 Å². The molecule has 0 aromatic heterocycles. The third-order valence-corrected chi connectivity index (χ3v) is 2.29. The smallest absolute Gasteiger partial charge is 0.303 e. The van der Waals surface area contributed by atoms with Crippen molar-refractivity contribution < 1.29 is 19.8 Å². The summed E-state index contributed by atoms with van der Waals surface area (Å²) in [4.78, 5) is 21.8. The number of hydrogen-bond acceptors (Lipinski definition) is 3. The summed E-state index contributed by atoms with van der Waals surface area (Å²) >= 11 is 5.69. The number of carboxylic acid groups (broad SMARTS) is 1. The molecule has 0 fully saturated rings. The molecule has 0 heterocycles. The number of aromatic hydroxyl groups is 1. The fourth-order valence-electron chi connectivity index (χ4n) is 1.23. The van der Waals surface area contributed by atoms with Gasteiger partial charge in [0.1, 0.15) is 5.75 Å². The second kappa shape index (κ2) is 6.10. The number of amides is 1. The molecule has 0 aliphatic heterocycles. The number of carboxylic acids is 1. The number of hydrogen-bond donors (Lipinski definition) is 3. The minimum absolute atomic E-state index is 0.0121. The fourth-order valence-corrected chi connectivity index (χ4v) is 1.40. The van der Waals surface area contributed by atoms with Crippen LogP contribution in [0.15, 0.2) is 18.2 Å². The van der Waals surface area contributed by atoms with Crippen molar-refractivity contribution in [3.8, 4) is 5.75 Å². The summed E-state index contributed by atoms with van der Waals surface area (Å²) in [5.41, 5.74) is 0.0767. The number of carbonyl (C=O) groups excluding carboxylic acids is 1. The average molecular weight is 258 g/mol. The van der Waals surface area contributed by atoms with Crippen molar-refractivity contribution in [1.29, 1.82) is 0 Å². The van der Waals surface area contributed by atoms with Gasteiger partial charge in [0.05, 0.1) is 5.56 Å². The summed E-state index contributed by atoms with van der Waals surface area (Å²) < 4.78 is 0. The molecular formula is C11H12ClNO4. The van der Waals surface area contributed by atoms with E-state index < -0.39 is 11.9 Å². The van der Waals surface area contributed by atoms with Gasteiger partial charge >= 0.3 is 5.97 Å². The zero-order valence-corrected chi connectivity index (χ0v) is 9.70. The minimum Gasteiger partial charge on any atom is -0.507 e. The average Bonchev–Trinajstić information content (AvgIpc) is 2.27. The van der Waals surface area contributed by atoms with Gasteiger partial charge in [-0.3, -0.25) is 9.59 Å². The first-order chi connectivity index (χ1) is 8.00. The van der Waals surface area contributed by atoms with E-state index in [0.717, 1.165) is 0 Å². The van der Waals surface area contributed by atoms with Crippen molar-refractivity contribution in [3.05, 3.63) is 28.8 Å². The predicted octanol–water partition coefficient (Wildman–Crippen LogP) is 1.64. The molecule has 0 aliphatic carbocycles. The molecule has 1 rings (SSSR count). The van der Waals surface area contributed by atoms with E-state index in [1.54, 1.807) is 0 Å². The number of halogens is 1. The van der Waals surface area contributed by atoms with Crippen molar-refractivity contribution in [2.24, 2.45) is 0 Å². The molecule has 0 spiro atoms. The second-order valence-corrected chi connectivity index (χ2v) is 3.85. The highest BCUT2D eigenvalue weighted by molar-refractivity contribution is 6.31. The molecule has 0 saturated heterocycles. The molecule has 0 bridgehead atoms. The van der Waals surface area contributed by atoms with Crippen molar-refractivity contribution in [3.63, 3.8) is 0 Å². The van der Waals surface area contributed by atoms with Crippen molar-refractivity contribution in [2.45, 2.75) is 12.8 Å². The Morgan fingerprint density at radius 3 is 2.71 bits per heavy atom. The van der Waals surface area contributed by atoms with Crippen LogP contribution >= 0.6 is 11.6 Å². The lowest BCUT2D eigenvalue weighted by atomic mass is 10.2. The van der Waals surface area contributed by atoms with Crippen LogP contribution in [-0.4, -0.2) is 28.6 Å². The van der Waals surface area contributed by atoms with E-state index in [0.29, 0.717) is 11.4 Å². The molecule has 1 aromatic rings. The predicted molar refractivity (Wildman–Crippen MR) is 62.3 cm³/mol. The lowest BCUT2D eigenvalue weighted by Gasteiger charge is -2.06. The highest BCUT2D eigenvalue weighted by Crippen LogP contribution is 2.21. The summed E-state index contributed by atoms with van der Waals surface area (Å²) in [5.74, 6) is -1.55. The largest absolute Gasteiger partial charge is 0.507 e. The van der Waals surface area contributed by atoms with E-state index >= 15 is 0 Å². The Bertz CT molecular complexity index is 433. The van der Waals surface area contributed by atoms with Crippen molar-refractivity contribution in [2.75, 3.05) is 6.54 Å². The SMILES string of the molecule is O=C(O)CCCNC(=O)c1cc(Cl)ccc1O. The second-order valence-electron chi connectivity index (χ2n) is 3.41. The number of nitrogens with one attached hydrogen (secondary N) is 1. The van der Waals surface area contributed by atoms with Crippen molar-refractivity contribution >= 4 is 23.5 Å². The molecule has 3 N–H and O–H groups in total. The van der Waals surface area contributed by atoms with Gasteiger partial charge in [-0.25, -0.2) is 0 Å². The van der Waals surface area contributed by atoms with E-state index in [1.807, 2.05) is 0 Å². The minimum atomic E-state index is -0.912. The maximum Gasteiger partial charge on any atom is 0.303 e. The number of carbonyl (C=O) groups is 2. The summed E-state index contributed by atoms with van der Waals surface area (Å²) in [7, 11) is 0. The standard InChI is InChI=1S/C11H12ClNO4/c12-7-3-4-9(14)8(6-7)11(17)13-5-1-2-10(15)16/h3-4,6,14H,1-2,5H2,(H,13,17)(H,15,16). The molecule has 6 heteroatoms. The Balaban J connectivity index is 2.52. The van der Waals surface area contributed by atoms with Crippen LogP contribution in [0.1, 0.15) is 23.2 Å². The van der Waals surface area contributed by atoms with Gasteiger partial charge in [-0.2, -0.15) is 0 Å². The van der Waals surface area contributed by atoms with Crippen LogP contribution in [0.5, 0.6) is 5.75 Å². The van der Waals surface area contributed by atoms with Gasteiger partial charge < -0.3 is 15.5 Å². The van der Waals surface area contributed by atoms with E-state index in [4.69, 9.17) is 16.7 Å². The van der Waals surface area contributed by atoms with E-state index in [2.05, 4.69) is 5.32 Å². The monoisotopic (exact) mass is 257 g/mol. The quantitative estimate of drug-likeness (QED) is 0.700. The lowest BCUT2D eigenvalue weighted by Crippen LogP contribution is -2.24. The maximum absolute atomic E-state index is 11.6. The first kappa shape index (κ1) is 13.3. The number of benzene rings is 1. The highest BCUT2D eigenvalue weighted by Gasteiger charge is 2.11. The summed E-state index contributed by atoms with van der Waals surface area (Å²) in [6.45, 7) is 0.233. The molecular weight excluding hydrogens is 246 g/mol. The molecule has 1 amide bonds. The molecule has 0 saturated carbocycles. The van der Waals surface area contributed by atoms with Crippen LogP contribution in [0, 0.1) is 0 Å². The molecule has 0 atom stereocenters. The molecule has 0 unspecified atom stereocenters. The molecule has 0 radical (unpaired) electrons. The van der Waals surface area contributed by atoms with Crippen LogP contribution in [-0.2, 0) is 4.79 Å². The topological polar surface area (TPSA) is 86.6 Å². The first-order valence-corrected chi connectivity index (χ1v) is 5.37. The van der Waals surface area contributed by atoms with Crippen LogP contribution in [0.2, 0.25) is 5.02 Å². The Morgan fingerprint density at radius 2 is 2.06 bits per heavy atom. The number of aliphatic carboxylic acids is 1. The first-order valence-electron chi connectivity index (χ1n) is 4.99. The maximum atomic E-state index is 11.6. The van der Waals surface area contributed by atoms with E-state index in [9.17, 15) is 14.7 Å². The van der Waals surface area contributed by atoms with Gasteiger partial charge in [0.2, 0.25) is 0 Å². The molecule has 17 heavy (non-hydrogen) atoms. The zero-order valence-electron chi connectivity index (χ0n) is 8.94. The van der Waals surface area contributed by atoms with Crippen LogP contribution < -0.4 is 5.32 Å². The van der Waals surface area contributed by atoms with Gasteiger partial charge in [0.25, 0.3) is 5.91 Å². The molecule has 0 aliphatic rings. The fraction of sp³-hybridized carbons (Fsp3) is 0.273. The third kappa shape index (κ3) is 4.32. The van der Waals surface area contributed by atoms with Crippen molar-refractivity contribution in [1.82, 2.24) is 5.32 Å².